The van der Waals surface area contributed by atoms with Crippen molar-refractivity contribution in [3.63, 3.8) is 0 Å². The number of aromatic nitrogens is 2. The molecule has 0 radical (unpaired) electrons. The monoisotopic (exact) mass is 407 g/mol. The maximum absolute atomic E-state index is 12.7. The molecule has 3 rings (SSSR count). The van der Waals surface area contributed by atoms with E-state index < -0.39 is 12.1 Å². The van der Waals surface area contributed by atoms with E-state index in [0.717, 1.165) is 0 Å². The topological polar surface area (TPSA) is 111 Å². The average Bonchev–Trinajstić information content (AvgIpc) is 3.16. The van der Waals surface area contributed by atoms with Crippen molar-refractivity contribution in [1.29, 1.82) is 0 Å². The van der Waals surface area contributed by atoms with E-state index in [0.29, 0.717) is 22.9 Å². The lowest BCUT2D eigenvalue weighted by molar-refractivity contribution is -0.116. The predicted molar refractivity (Wildman–Crippen MR) is 114 cm³/mol. The van der Waals surface area contributed by atoms with Crippen molar-refractivity contribution in [2.24, 2.45) is 5.73 Å². The van der Waals surface area contributed by atoms with Gasteiger partial charge in [0.1, 0.15) is 17.3 Å². The van der Waals surface area contributed by atoms with Crippen molar-refractivity contribution in [2.45, 2.75) is 32.4 Å². The number of anilines is 1. The molecule has 0 aliphatic rings. The molecule has 0 saturated carbocycles. The highest BCUT2D eigenvalue weighted by Crippen LogP contribution is 2.26. The molecule has 30 heavy (non-hydrogen) atoms. The molecule has 0 bridgehead atoms. The summed E-state index contributed by atoms with van der Waals surface area (Å²) in [5, 5.41) is 9.67. The minimum Gasteiger partial charge on any atom is -0.457 e. The highest BCUT2D eigenvalue weighted by molar-refractivity contribution is 5.90. The summed E-state index contributed by atoms with van der Waals surface area (Å²) in [6.45, 7) is 3.94. The minimum absolute atomic E-state index is 0.000998. The van der Waals surface area contributed by atoms with Crippen molar-refractivity contribution in [3.05, 3.63) is 72.4 Å². The third-order valence-corrected chi connectivity index (χ3v) is 4.37. The van der Waals surface area contributed by atoms with E-state index in [9.17, 15) is 9.59 Å². The second-order valence-electron chi connectivity index (χ2n) is 7.06. The molecule has 2 aromatic carbocycles. The lowest BCUT2D eigenvalue weighted by atomic mass is 10.0. The number of carbonyl (C=O) groups is 2. The largest absolute Gasteiger partial charge is 0.457 e. The third kappa shape index (κ3) is 5.60. The molecule has 156 valence electrons. The van der Waals surface area contributed by atoms with E-state index in [1.54, 1.807) is 35.1 Å². The molecule has 8 heteroatoms. The Morgan fingerprint density at radius 2 is 1.80 bits per heavy atom. The van der Waals surface area contributed by atoms with Crippen LogP contribution in [0.5, 0.6) is 11.5 Å². The van der Waals surface area contributed by atoms with E-state index >= 15 is 0 Å². The summed E-state index contributed by atoms with van der Waals surface area (Å²) in [6, 6.07) is 17.0. The molecule has 1 heterocycles. The number of rotatable bonds is 8. The molecule has 8 nitrogen and oxygen atoms in total. The van der Waals surface area contributed by atoms with E-state index in [2.05, 4.69) is 15.7 Å². The highest BCUT2D eigenvalue weighted by Gasteiger charge is 2.19. The van der Waals surface area contributed by atoms with Crippen molar-refractivity contribution < 1.29 is 14.3 Å². The Hall–Kier alpha value is -3.81. The number of carbonyl (C=O) groups excluding carboxylic acids is 2. The number of hydrogen-bond acceptors (Lipinski definition) is 4. The van der Waals surface area contributed by atoms with Gasteiger partial charge in [-0.25, -0.2) is 9.48 Å². The molecule has 3 amide bonds. The summed E-state index contributed by atoms with van der Waals surface area (Å²) in [5.41, 5.74) is 6.04. The van der Waals surface area contributed by atoms with E-state index in [4.69, 9.17) is 10.5 Å². The quantitative estimate of drug-likeness (QED) is 0.524. The molecule has 1 atom stereocenters. The second-order valence-corrected chi connectivity index (χ2v) is 7.06. The molecule has 0 spiro atoms. The molecule has 3 aromatic rings. The number of ether oxygens (including phenoxy) is 1. The van der Waals surface area contributed by atoms with Crippen LogP contribution in [-0.2, 0) is 4.79 Å². The molecule has 1 unspecified atom stereocenters. The fourth-order valence-corrected chi connectivity index (χ4v) is 3.05. The first-order valence-corrected chi connectivity index (χ1v) is 9.64. The summed E-state index contributed by atoms with van der Waals surface area (Å²) < 4.78 is 7.56. The van der Waals surface area contributed by atoms with Gasteiger partial charge in [0.15, 0.2) is 0 Å². The molecular formula is C22H25N5O3. The first-order chi connectivity index (χ1) is 14.4. The summed E-state index contributed by atoms with van der Waals surface area (Å²) >= 11 is 0. The molecule has 0 saturated heterocycles. The van der Waals surface area contributed by atoms with Crippen molar-refractivity contribution in [2.75, 3.05) is 5.32 Å². The summed E-state index contributed by atoms with van der Waals surface area (Å²) in [6.07, 6.45) is 1.63. The molecule has 4 N–H and O–H groups in total. The molecule has 0 aliphatic carbocycles. The van der Waals surface area contributed by atoms with Crippen LogP contribution in [0.3, 0.4) is 0 Å². The lowest BCUT2D eigenvalue weighted by Crippen LogP contribution is -2.35. The van der Waals surface area contributed by atoms with Crippen LogP contribution >= 0.6 is 0 Å². The number of nitrogens with zero attached hydrogens (tertiary/aromatic N) is 2. The zero-order valence-electron chi connectivity index (χ0n) is 16.9. The summed E-state index contributed by atoms with van der Waals surface area (Å²) in [7, 11) is 0. The van der Waals surface area contributed by atoms with Crippen LogP contribution in [0.25, 0.3) is 0 Å². The number of urea groups is 1. The summed E-state index contributed by atoms with van der Waals surface area (Å²) in [5.74, 6) is 1.60. The average molecular weight is 407 g/mol. The van der Waals surface area contributed by atoms with Crippen LogP contribution < -0.4 is 21.1 Å². The minimum atomic E-state index is -0.714. The normalized spacial score (nSPS) is 11.7. The van der Waals surface area contributed by atoms with Gasteiger partial charge in [0, 0.05) is 12.1 Å². The van der Waals surface area contributed by atoms with Crippen molar-refractivity contribution in [1.82, 2.24) is 15.1 Å². The van der Waals surface area contributed by atoms with Crippen molar-refractivity contribution >= 4 is 17.8 Å². The molecular weight excluding hydrogens is 382 g/mol. The first-order valence-electron chi connectivity index (χ1n) is 9.64. The smallest absolute Gasteiger partial charge is 0.312 e. The Morgan fingerprint density at radius 1 is 1.07 bits per heavy atom. The van der Waals surface area contributed by atoms with Gasteiger partial charge >= 0.3 is 6.03 Å². The summed E-state index contributed by atoms with van der Waals surface area (Å²) in [4.78, 5) is 24.2. The molecule has 0 fully saturated rings. The van der Waals surface area contributed by atoms with Gasteiger partial charge in [-0.15, -0.1) is 0 Å². The number of nitrogens with one attached hydrogen (secondary N) is 2. The number of nitrogens with two attached hydrogens (primary N) is 1. The number of amides is 3. The molecule has 1 aromatic heterocycles. The highest BCUT2D eigenvalue weighted by atomic mass is 16.5. The lowest BCUT2D eigenvalue weighted by Gasteiger charge is -2.19. The van der Waals surface area contributed by atoms with Gasteiger partial charge < -0.3 is 21.1 Å². The van der Waals surface area contributed by atoms with Crippen LogP contribution in [0.1, 0.15) is 37.9 Å². The number of para-hydroxylation sites is 1. The van der Waals surface area contributed by atoms with Crippen LogP contribution in [0, 0.1) is 0 Å². The Bertz CT molecular complexity index is 1000. The maximum atomic E-state index is 12.7. The van der Waals surface area contributed by atoms with Gasteiger partial charge in [-0.3, -0.25) is 4.79 Å². The van der Waals surface area contributed by atoms with E-state index in [1.807, 2.05) is 50.2 Å². The number of primary amides is 1. The van der Waals surface area contributed by atoms with Gasteiger partial charge in [-0.2, -0.15) is 5.10 Å². The van der Waals surface area contributed by atoms with Gasteiger partial charge in [-0.05, 0) is 43.7 Å². The second kappa shape index (κ2) is 9.60. The van der Waals surface area contributed by atoms with Gasteiger partial charge in [0.2, 0.25) is 5.91 Å². The van der Waals surface area contributed by atoms with E-state index in [1.165, 1.54) is 0 Å². The van der Waals surface area contributed by atoms with Crippen LogP contribution in [0.4, 0.5) is 10.6 Å². The fourth-order valence-electron chi connectivity index (χ4n) is 3.05. The first kappa shape index (κ1) is 20.9. The standard InChI is InChI=1S/C22H25N5O3/c1-15(2)27-20(11-12-24-27)26-21(28)14-19(25-22(23)29)16-7-6-10-18(13-16)30-17-8-4-3-5-9-17/h3-13,15,19H,14H2,1-2H3,(H,26,28)(H3,23,25,29). The van der Waals surface area contributed by atoms with Gasteiger partial charge in [-0.1, -0.05) is 30.3 Å². The zero-order chi connectivity index (χ0) is 21.5. The number of hydrogen-bond donors (Lipinski definition) is 3. The van der Waals surface area contributed by atoms with Crippen molar-refractivity contribution in [3.8, 4) is 11.5 Å². The third-order valence-electron chi connectivity index (χ3n) is 4.37. The molecule has 0 aliphatic heterocycles. The number of benzene rings is 2. The Labute approximate surface area is 175 Å². The van der Waals surface area contributed by atoms with Crippen LogP contribution in [-0.4, -0.2) is 21.7 Å². The predicted octanol–water partition coefficient (Wildman–Crippen LogP) is 3.99. The Kier molecular flexibility index (Phi) is 6.69. The fraction of sp³-hybridized carbons (Fsp3) is 0.227. The zero-order valence-corrected chi connectivity index (χ0v) is 16.9. The Balaban J connectivity index is 1.75. The SMILES string of the molecule is CC(C)n1nccc1NC(=O)CC(NC(N)=O)c1cccc(Oc2ccccc2)c1. The van der Waals surface area contributed by atoms with Gasteiger partial charge in [0.25, 0.3) is 0 Å². The maximum Gasteiger partial charge on any atom is 0.312 e. The van der Waals surface area contributed by atoms with E-state index in [-0.39, 0.29) is 18.4 Å². The Morgan fingerprint density at radius 3 is 2.50 bits per heavy atom. The van der Waals surface area contributed by atoms with Crippen LogP contribution in [0.2, 0.25) is 0 Å². The van der Waals surface area contributed by atoms with Gasteiger partial charge in [0.05, 0.1) is 18.7 Å². The van der Waals surface area contributed by atoms with Crippen LogP contribution in [0.15, 0.2) is 66.9 Å².